The molecule has 0 bridgehead atoms. The van der Waals surface area contributed by atoms with Gasteiger partial charge in [-0.15, -0.1) is 11.6 Å². The van der Waals surface area contributed by atoms with E-state index in [2.05, 4.69) is 4.98 Å². The summed E-state index contributed by atoms with van der Waals surface area (Å²) < 4.78 is 38.1. The highest BCUT2D eigenvalue weighted by Crippen LogP contribution is 2.29. The highest BCUT2D eigenvalue weighted by Gasteiger charge is 2.33. The van der Waals surface area contributed by atoms with Crippen molar-refractivity contribution in [2.75, 3.05) is 11.4 Å². The molecule has 0 aliphatic heterocycles. The first-order valence-electron chi connectivity index (χ1n) is 6.02. The predicted octanol–water partition coefficient (Wildman–Crippen LogP) is 4.21. The number of alkyl halides is 4. The Morgan fingerprint density at radius 3 is 2.32 bits per heavy atom. The maximum atomic E-state index is 12.7. The van der Waals surface area contributed by atoms with Crippen LogP contribution in [0.4, 0.5) is 19.0 Å². The molecule has 0 aliphatic rings. The standard InChI is InChI=1S/C13H18ClF3N2/c1-8(2)19(7-13(15,16)17)12-11(6-14)9(3)5-10(4)18-12/h5,8H,6-7H2,1-4H3. The van der Waals surface area contributed by atoms with Gasteiger partial charge in [0.1, 0.15) is 12.4 Å². The van der Waals surface area contributed by atoms with E-state index in [-0.39, 0.29) is 11.9 Å². The minimum Gasteiger partial charge on any atom is -0.345 e. The number of hydrogen-bond acceptors (Lipinski definition) is 2. The third-order valence-corrected chi connectivity index (χ3v) is 3.10. The van der Waals surface area contributed by atoms with Crippen LogP contribution in [0.5, 0.6) is 0 Å². The Balaban J connectivity index is 3.29. The van der Waals surface area contributed by atoms with Gasteiger partial charge in [-0.1, -0.05) is 0 Å². The van der Waals surface area contributed by atoms with E-state index in [1.54, 1.807) is 20.8 Å². The summed E-state index contributed by atoms with van der Waals surface area (Å²) in [6.45, 7) is 6.00. The molecule has 0 spiro atoms. The summed E-state index contributed by atoms with van der Waals surface area (Å²) in [6, 6.07) is 1.52. The molecular weight excluding hydrogens is 277 g/mol. The van der Waals surface area contributed by atoms with Crippen molar-refractivity contribution in [2.24, 2.45) is 0 Å². The van der Waals surface area contributed by atoms with Crippen LogP contribution in [0.25, 0.3) is 0 Å². The average Bonchev–Trinajstić information content (AvgIpc) is 2.23. The molecule has 1 aromatic heterocycles. The lowest BCUT2D eigenvalue weighted by atomic mass is 10.1. The second-order valence-corrected chi connectivity index (χ2v) is 5.12. The highest BCUT2D eigenvalue weighted by molar-refractivity contribution is 6.17. The van der Waals surface area contributed by atoms with Gasteiger partial charge >= 0.3 is 6.18 Å². The normalized spacial score (nSPS) is 12.1. The van der Waals surface area contributed by atoms with E-state index in [1.807, 2.05) is 13.0 Å². The number of anilines is 1. The maximum Gasteiger partial charge on any atom is 0.405 e. The zero-order valence-electron chi connectivity index (χ0n) is 11.5. The summed E-state index contributed by atoms with van der Waals surface area (Å²) >= 11 is 5.86. The van der Waals surface area contributed by atoms with Crippen LogP contribution in [-0.2, 0) is 5.88 Å². The Morgan fingerprint density at radius 1 is 1.32 bits per heavy atom. The van der Waals surface area contributed by atoms with Gasteiger partial charge in [0, 0.05) is 17.3 Å². The van der Waals surface area contributed by atoms with Crippen molar-refractivity contribution in [3.05, 3.63) is 22.9 Å². The first-order valence-corrected chi connectivity index (χ1v) is 6.55. The Kier molecular flexibility index (Phi) is 5.07. The number of pyridine rings is 1. The molecule has 0 atom stereocenters. The van der Waals surface area contributed by atoms with Crippen molar-refractivity contribution in [1.82, 2.24) is 4.98 Å². The van der Waals surface area contributed by atoms with Gasteiger partial charge in [0.2, 0.25) is 0 Å². The Morgan fingerprint density at radius 2 is 1.89 bits per heavy atom. The summed E-state index contributed by atoms with van der Waals surface area (Å²) in [4.78, 5) is 5.50. The zero-order chi connectivity index (χ0) is 14.8. The lowest BCUT2D eigenvalue weighted by Crippen LogP contribution is -2.40. The molecule has 0 N–H and O–H groups in total. The number of rotatable bonds is 4. The quantitative estimate of drug-likeness (QED) is 0.773. The van der Waals surface area contributed by atoms with Crippen LogP contribution in [0.2, 0.25) is 0 Å². The molecule has 0 fully saturated rings. The van der Waals surface area contributed by atoms with Crippen LogP contribution in [0.15, 0.2) is 6.07 Å². The second kappa shape index (κ2) is 5.99. The summed E-state index contributed by atoms with van der Waals surface area (Å²) in [5.41, 5.74) is 2.21. The molecule has 1 rings (SSSR count). The number of halogens is 4. The number of aryl methyl sites for hydroxylation is 2. The molecule has 108 valence electrons. The van der Waals surface area contributed by atoms with Crippen molar-refractivity contribution in [2.45, 2.75) is 45.8 Å². The van der Waals surface area contributed by atoms with Crippen LogP contribution in [-0.4, -0.2) is 23.7 Å². The molecule has 0 radical (unpaired) electrons. The molecule has 1 heterocycles. The number of aromatic nitrogens is 1. The van der Waals surface area contributed by atoms with E-state index >= 15 is 0 Å². The predicted molar refractivity (Wildman–Crippen MR) is 71.8 cm³/mol. The van der Waals surface area contributed by atoms with E-state index in [4.69, 9.17) is 11.6 Å². The average molecular weight is 295 g/mol. The van der Waals surface area contributed by atoms with E-state index in [1.165, 1.54) is 4.90 Å². The molecule has 0 amide bonds. The fourth-order valence-corrected chi connectivity index (χ4v) is 2.27. The third-order valence-electron chi connectivity index (χ3n) is 2.83. The van der Waals surface area contributed by atoms with E-state index in [0.717, 1.165) is 5.56 Å². The van der Waals surface area contributed by atoms with Crippen molar-refractivity contribution >= 4 is 17.4 Å². The molecule has 2 nitrogen and oxygen atoms in total. The molecule has 0 aromatic carbocycles. The summed E-state index contributed by atoms with van der Waals surface area (Å²) in [5.74, 6) is 0.482. The van der Waals surface area contributed by atoms with Crippen molar-refractivity contribution in [3.8, 4) is 0 Å². The van der Waals surface area contributed by atoms with Crippen LogP contribution < -0.4 is 4.90 Å². The van der Waals surface area contributed by atoms with E-state index < -0.39 is 12.7 Å². The number of hydrogen-bond donors (Lipinski definition) is 0. The van der Waals surface area contributed by atoms with Gasteiger partial charge in [0.05, 0.1) is 5.88 Å². The maximum absolute atomic E-state index is 12.7. The third kappa shape index (κ3) is 4.27. The van der Waals surface area contributed by atoms with Gasteiger partial charge in [-0.25, -0.2) is 4.98 Å². The Hall–Kier alpha value is -0.970. The summed E-state index contributed by atoms with van der Waals surface area (Å²) in [5, 5.41) is 0. The topological polar surface area (TPSA) is 16.1 Å². The molecule has 1 aromatic rings. The first-order chi connectivity index (χ1) is 8.65. The Labute approximate surface area is 116 Å². The largest absolute Gasteiger partial charge is 0.405 e. The van der Waals surface area contributed by atoms with Crippen LogP contribution in [0, 0.1) is 13.8 Å². The smallest absolute Gasteiger partial charge is 0.345 e. The summed E-state index contributed by atoms with van der Waals surface area (Å²) in [6.07, 6.45) is -4.27. The minimum atomic E-state index is -4.27. The van der Waals surface area contributed by atoms with Crippen molar-refractivity contribution < 1.29 is 13.2 Å². The first kappa shape index (κ1) is 16.1. The van der Waals surface area contributed by atoms with Crippen molar-refractivity contribution in [1.29, 1.82) is 0 Å². The second-order valence-electron chi connectivity index (χ2n) is 4.85. The number of nitrogens with zero attached hydrogens (tertiary/aromatic N) is 2. The van der Waals surface area contributed by atoms with Gasteiger partial charge in [-0.05, 0) is 39.3 Å². The van der Waals surface area contributed by atoms with Gasteiger partial charge in [-0.3, -0.25) is 0 Å². The molecule has 6 heteroatoms. The lowest BCUT2D eigenvalue weighted by Gasteiger charge is -2.31. The van der Waals surface area contributed by atoms with Gasteiger partial charge < -0.3 is 4.90 Å². The van der Waals surface area contributed by atoms with E-state index in [0.29, 0.717) is 17.1 Å². The lowest BCUT2D eigenvalue weighted by molar-refractivity contribution is -0.120. The molecule has 0 saturated carbocycles. The Bertz CT molecular complexity index is 444. The van der Waals surface area contributed by atoms with Gasteiger partial charge in [-0.2, -0.15) is 13.2 Å². The molecule has 19 heavy (non-hydrogen) atoms. The van der Waals surface area contributed by atoms with Crippen LogP contribution >= 0.6 is 11.6 Å². The highest BCUT2D eigenvalue weighted by atomic mass is 35.5. The monoisotopic (exact) mass is 294 g/mol. The van der Waals surface area contributed by atoms with Gasteiger partial charge in [0.15, 0.2) is 0 Å². The van der Waals surface area contributed by atoms with Gasteiger partial charge in [0.25, 0.3) is 0 Å². The molecule has 0 aliphatic carbocycles. The van der Waals surface area contributed by atoms with Crippen molar-refractivity contribution in [3.63, 3.8) is 0 Å². The summed E-state index contributed by atoms with van der Waals surface area (Å²) in [7, 11) is 0. The zero-order valence-corrected chi connectivity index (χ0v) is 12.2. The van der Waals surface area contributed by atoms with Crippen LogP contribution in [0.1, 0.15) is 30.7 Å². The molecule has 0 saturated heterocycles. The molecule has 0 unspecified atom stereocenters. The fourth-order valence-electron chi connectivity index (χ4n) is 1.94. The van der Waals surface area contributed by atoms with Crippen LogP contribution in [0.3, 0.4) is 0 Å². The fraction of sp³-hybridized carbons (Fsp3) is 0.615. The SMILES string of the molecule is Cc1cc(C)c(CCl)c(N(CC(F)(F)F)C(C)C)n1. The minimum absolute atomic E-state index is 0.148. The molecular formula is C13H18ClF3N2. The van der Waals surface area contributed by atoms with E-state index in [9.17, 15) is 13.2 Å².